The molecule has 3 heterocycles. The van der Waals surface area contributed by atoms with Gasteiger partial charge in [-0.15, -0.1) is 0 Å². The van der Waals surface area contributed by atoms with Gasteiger partial charge >= 0.3 is 0 Å². The average Bonchev–Trinajstić information content (AvgIpc) is 2.52. The van der Waals surface area contributed by atoms with Crippen LogP contribution in [0.1, 0.15) is 25.3 Å². The minimum atomic E-state index is -0.354. The maximum absolute atomic E-state index is 10.5. The number of aliphatic hydroxyl groups excluding tert-OH is 1. The largest absolute Gasteiger partial charge is 0.492 e. The van der Waals surface area contributed by atoms with Crippen LogP contribution in [0.15, 0.2) is 23.9 Å². The first kappa shape index (κ1) is 14.3. The van der Waals surface area contributed by atoms with Crippen molar-refractivity contribution in [3.63, 3.8) is 0 Å². The van der Waals surface area contributed by atoms with Gasteiger partial charge in [0, 0.05) is 24.4 Å². The number of ether oxygens (including phenoxy) is 2. The van der Waals surface area contributed by atoms with Crippen LogP contribution in [0.5, 0.6) is 11.5 Å². The molecule has 1 atom stereocenters. The Bertz CT molecular complexity index is 529. The van der Waals surface area contributed by atoms with Gasteiger partial charge in [0.1, 0.15) is 0 Å². The molecule has 3 fully saturated rings. The predicted molar refractivity (Wildman–Crippen MR) is 82.4 cm³/mol. The van der Waals surface area contributed by atoms with E-state index >= 15 is 0 Å². The van der Waals surface area contributed by atoms with Crippen molar-refractivity contribution in [3.05, 3.63) is 29.5 Å². The van der Waals surface area contributed by atoms with Crippen LogP contribution in [0, 0.1) is 5.92 Å². The number of hydrogen-bond donors (Lipinski definition) is 1. The molecule has 3 aliphatic heterocycles. The van der Waals surface area contributed by atoms with E-state index in [1.165, 1.54) is 0 Å². The van der Waals surface area contributed by atoms with Gasteiger partial charge in [-0.05, 0) is 37.8 Å². The number of piperidine rings is 3. The van der Waals surface area contributed by atoms with Crippen LogP contribution in [-0.4, -0.2) is 42.9 Å². The summed E-state index contributed by atoms with van der Waals surface area (Å²) in [5, 5.41) is 10.5. The zero-order valence-electron chi connectivity index (χ0n) is 12.7. The van der Waals surface area contributed by atoms with Crippen LogP contribution in [0.2, 0.25) is 0 Å². The molecule has 1 aromatic carbocycles. The lowest BCUT2D eigenvalue weighted by Crippen LogP contribution is -2.48. The fraction of sp³-hybridized carbons (Fsp3) is 0.529. The van der Waals surface area contributed by atoms with Crippen molar-refractivity contribution in [3.8, 4) is 11.5 Å². The van der Waals surface area contributed by atoms with E-state index in [4.69, 9.17) is 9.47 Å². The number of fused-ring (bicyclic) bond motifs is 3. The summed E-state index contributed by atoms with van der Waals surface area (Å²) in [6.45, 7) is 4.65. The van der Waals surface area contributed by atoms with Crippen molar-refractivity contribution in [2.24, 2.45) is 5.92 Å². The van der Waals surface area contributed by atoms with E-state index < -0.39 is 0 Å². The fourth-order valence-electron chi connectivity index (χ4n) is 3.37. The number of hydrogen-bond acceptors (Lipinski definition) is 4. The Morgan fingerprint density at radius 2 is 2.10 bits per heavy atom. The molecule has 0 aromatic heterocycles. The van der Waals surface area contributed by atoms with Gasteiger partial charge in [0.05, 0.1) is 19.8 Å². The minimum absolute atomic E-state index is 0.354. The summed E-state index contributed by atoms with van der Waals surface area (Å²) < 4.78 is 11.1. The van der Waals surface area contributed by atoms with E-state index in [9.17, 15) is 5.11 Å². The van der Waals surface area contributed by atoms with Gasteiger partial charge in [-0.3, -0.25) is 0 Å². The van der Waals surface area contributed by atoms with Gasteiger partial charge in [0.15, 0.2) is 11.5 Å². The molecule has 0 amide bonds. The maximum atomic E-state index is 10.5. The smallest absolute Gasteiger partial charge is 0.167 e. The van der Waals surface area contributed by atoms with E-state index in [1.807, 2.05) is 25.1 Å². The Hall–Kier alpha value is -1.68. The number of benzene rings is 1. The number of methoxy groups -OCH3 is 1. The van der Waals surface area contributed by atoms with Crippen molar-refractivity contribution in [1.29, 1.82) is 0 Å². The number of para-hydroxylation sites is 1. The molecule has 1 unspecified atom stereocenters. The van der Waals surface area contributed by atoms with Gasteiger partial charge < -0.3 is 19.5 Å². The fourth-order valence-corrected chi connectivity index (χ4v) is 3.37. The van der Waals surface area contributed by atoms with Crippen LogP contribution in [0.25, 0.3) is 6.08 Å². The van der Waals surface area contributed by atoms with E-state index in [0.29, 0.717) is 12.5 Å². The normalized spacial score (nSPS) is 26.2. The highest BCUT2D eigenvalue weighted by molar-refractivity contribution is 5.64. The quantitative estimate of drug-likeness (QED) is 0.925. The Labute approximate surface area is 126 Å². The molecule has 114 valence electrons. The van der Waals surface area contributed by atoms with Crippen molar-refractivity contribution in [2.75, 3.05) is 26.8 Å². The molecule has 0 aliphatic carbocycles. The second kappa shape index (κ2) is 5.98. The first-order chi connectivity index (χ1) is 10.2. The third-order valence-corrected chi connectivity index (χ3v) is 4.47. The molecular weight excluding hydrogens is 266 g/mol. The van der Waals surface area contributed by atoms with Gasteiger partial charge in [-0.1, -0.05) is 12.1 Å². The summed E-state index contributed by atoms with van der Waals surface area (Å²) in [4.78, 5) is 2.29. The summed E-state index contributed by atoms with van der Waals surface area (Å²) in [5.41, 5.74) is 1.98. The van der Waals surface area contributed by atoms with Crippen LogP contribution in [0.4, 0.5) is 0 Å². The van der Waals surface area contributed by atoms with Gasteiger partial charge in [-0.2, -0.15) is 0 Å². The number of rotatable bonds is 4. The van der Waals surface area contributed by atoms with Crippen LogP contribution in [-0.2, 0) is 0 Å². The number of aliphatic hydroxyl groups is 1. The second-order valence-electron chi connectivity index (χ2n) is 5.65. The van der Waals surface area contributed by atoms with Gasteiger partial charge in [0.2, 0.25) is 0 Å². The van der Waals surface area contributed by atoms with Crippen LogP contribution in [0.3, 0.4) is 0 Å². The molecular formula is C17H23NO3. The predicted octanol–water partition coefficient (Wildman–Crippen LogP) is 2.52. The number of nitrogens with zero attached hydrogens (tertiary/aromatic N) is 1. The van der Waals surface area contributed by atoms with Crippen molar-refractivity contribution in [2.45, 2.75) is 25.9 Å². The average molecular weight is 289 g/mol. The van der Waals surface area contributed by atoms with Crippen molar-refractivity contribution in [1.82, 2.24) is 4.90 Å². The zero-order chi connectivity index (χ0) is 14.8. The van der Waals surface area contributed by atoms with Crippen LogP contribution < -0.4 is 9.47 Å². The molecule has 4 heteroatoms. The summed E-state index contributed by atoms with van der Waals surface area (Å²) in [7, 11) is 1.66. The van der Waals surface area contributed by atoms with Crippen molar-refractivity contribution >= 4 is 6.08 Å². The highest BCUT2D eigenvalue weighted by Gasteiger charge is 2.36. The zero-order valence-corrected chi connectivity index (χ0v) is 12.7. The summed E-state index contributed by atoms with van der Waals surface area (Å²) in [5.74, 6) is 1.89. The highest BCUT2D eigenvalue weighted by atomic mass is 16.5. The molecule has 2 bridgehead atoms. The summed E-state index contributed by atoms with van der Waals surface area (Å²) >= 11 is 0. The molecule has 21 heavy (non-hydrogen) atoms. The summed E-state index contributed by atoms with van der Waals surface area (Å²) in [6, 6.07) is 5.88. The third kappa shape index (κ3) is 2.60. The lowest BCUT2D eigenvalue weighted by atomic mass is 9.83. The van der Waals surface area contributed by atoms with E-state index in [1.54, 1.807) is 7.11 Å². The van der Waals surface area contributed by atoms with E-state index in [0.717, 1.165) is 48.7 Å². The molecule has 1 N–H and O–H groups in total. The maximum Gasteiger partial charge on any atom is 0.167 e. The topological polar surface area (TPSA) is 41.9 Å². The molecule has 0 radical (unpaired) electrons. The Balaban J connectivity index is 1.97. The molecule has 0 saturated carbocycles. The highest BCUT2D eigenvalue weighted by Crippen LogP contribution is 2.38. The first-order valence-corrected chi connectivity index (χ1v) is 7.69. The summed E-state index contributed by atoms with van der Waals surface area (Å²) in [6.07, 6.45) is 3.88. The molecule has 1 aromatic rings. The minimum Gasteiger partial charge on any atom is -0.492 e. The Morgan fingerprint density at radius 3 is 2.71 bits per heavy atom. The van der Waals surface area contributed by atoms with E-state index in [2.05, 4.69) is 11.0 Å². The van der Waals surface area contributed by atoms with E-state index in [-0.39, 0.29) is 6.10 Å². The standard InChI is InChI=1S/C17H23NO3/c1-3-21-15-6-4-5-13(17(15)20-2)11-14-16(19)12-7-9-18(14)10-8-12/h4-6,11-12,16,19H,3,7-10H2,1-2H3/b14-11+. The molecule has 4 rings (SSSR count). The van der Waals surface area contributed by atoms with Crippen LogP contribution >= 0.6 is 0 Å². The lowest BCUT2D eigenvalue weighted by Gasteiger charge is -2.46. The van der Waals surface area contributed by atoms with Crippen molar-refractivity contribution < 1.29 is 14.6 Å². The third-order valence-electron chi connectivity index (χ3n) is 4.47. The lowest BCUT2D eigenvalue weighted by molar-refractivity contribution is 0.0215. The molecule has 3 saturated heterocycles. The first-order valence-electron chi connectivity index (χ1n) is 7.69. The second-order valence-corrected chi connectivity index (χ2v) is 5.65. The Morgan fingerprint density at radius 1 is 1.33 bits per heavy atom. The van der Waals surface area contributed by atoms with Gasteiger partial charge in [-0.25, -0.2) is 0 Å². The molecule has 0 spiro atoms. The SMILES string of the molecule is CCOc1cccc(/C=C2\C(O)C3CCN2CC3)c1OC. The van der Waals surface area contributed by atoms with Gasteiger partial charge in [0.25, 0.3) is 0 Å². The Kier molecular flexibility index (Phi) is 4.06. The molecule has 3 aliphatic rings. The monoisotopic (exact) mass is 289 g/mol. The molecule has 4 nitrogen and oxygen atoms in total.